The molecule has 0 saturated heterocycles. The van der Waals surface area contributed by atoms with Crippen molar-refractivity contribution in [2.75, 3.05) is 5.32 Å². The van der Waals surface area contributed by atoms with Crippen LogP contribution in [-0.4, -0.2) is 15.8 Å². The van der Waals surface area contributed by atoms with Crippen LogP contribution in [0.2, 0.25) is 0 Å². The molecule has 23 heavy (non-hydrogen) atoms. The van der Waals surface area contributed by atoms with Crippen LogP contribution in [0, 0.1) is 15.9 Å². The molecule has 0 aliphatic rings. The van der Waals surface area contributed by atoms with Crippen LogP contribution in [0.15, 0.2) is 54.7 Å². The van der Waals surface area contributed by atoms with Crippen molar-refractivity contribution < 1.29 is 14.1 Å². The second-order valence-electron chi connectivity index (χ2n) is 4.78. The summed E-state index contributed by atoms with van der Waals surface area (Å²) in [6.45, 7) is 0. The minimum atomic E-state index is -0.541. The van der Waals surface area contributed by atoms with Gasteiger partial charge in [-0.05, 0) is 36.4 Å². The van der Waals surface area contributed by atoms with Gasteiger partial charge < -0.3 is 5.32 Å². The number of aromatic nitrogens is 1. The number of fused-ring (bicyclic) bond motifs is 1. The third kappa shape index (κ3) is 2.98. The second kappa shape index (κ2) is 5.80. The lowest BCUT2D eigenvalue weighted by atomic mass is 10.1. The van der Waals surface area contributed by atoms with E-state index in [1.54, 1.807) is 6.07 Å². The van der Waals surface area contributed by atoms with Gasteiger partial charge in [0.05, 0.1) is 16.1 Å². The zero-order valence-corrected chi connectivity index (χ0v) is 11.7. The summed E-state index contributed by atoms with van der Waals surface area (Å²) in [7, 11) is 0. The summed E-state index contributed by atoms with van der Waals surface area (Å²) >= 11 is 0. The average molecular weight is 311 g/mol. The molecule has 0 atom stereocenters. The number of halogens is 1. The number of hydrogen-bond acceptors (Lipinski definition) is 4. The molecule has 0 radical (unpaired) electrons. The molecule has 3 rings (SSSR count). The Morgan fingerprint density at radius 2 is 1.87 bits per heavy atom. The summed E-state index contributed by atoms with van der Waals surface area (Å²) in [4.78, 5) is 26.4. The standard InChI is InChI=1S/C16H10FN3O3/c17-11-3-6-14-13(9-11)15(7-8-18-14)19-16(21)10-1-4-12(5-2-10)20(22)23/h1-9H,(H,18,19,21). The highest BCUT2D eigenvalue weighted by Crippen LogP contribution is 2.23. The number of non-ortho nitro benzene ring substituents is 1. The number of carbonyl (C=O) groups is 1. The van der Waals surface area contributed by atoms with E-state index in [1.807, 2.05) is 0 Å². The molecular formula is C16H10FN3O3. The average Bonchev–Trinajstić information content (AvgIpc) is 2.55. The molecule has 1 N–H and O–H groups in total. The number of nitrogens with zero attached hydrogens (tertiary/aromatic N) is 2. The third-order valence-corrected chi connectivity index (χ3v) is 3.29. The fourth-order valence-corrected chi connectivity index (χ4v) is 2.16. The van der Waals surface area contributed by atoms with Crippen LogP contribution in [0.5, 0.6) is 0 Å². The van der Waals surface area contributed by atoms with Crippen LogP contribution < -0.4 is 5.32 Å². The van der Waals surface area contributed by atoms with Crippen LogP contribution in [0.1, 0.15) is 10.4 Å². The Balaban J connectivity index is 1.91. The number of amides is 1. The monoisotopic (exact) mass is 311 g/mol. The predicted octanol–water partition coefficient (Wildman–Crippen LogP) is 3.53. The van der Waals surface area contributed by atoms with E-state index in [9.17, 15) is 19.3 Å². The van der Waals surface area contributed by atoms with E-state index in [0.29, 0.717) is 16.6 Å². The zero-order chi connectivity index (χ0) is 16.4. The number of anilines is 1. The molecule has 7 heteroatoms. The van der Waals surface area contributed by atoms with E-state index in [1.165, 1.54) is 48.7 Å². The maximum absolute atomic E-state index is 13.4. The minimum Gasteiger partial charge on any atom is -0.321 e. The molecule has 0 aliphatic heterocycles. The number of nitro groups is 1. The fourth-order valence-electron chi connectivity index (χ4n) is 2.16. The quantitative estimate of drug-likeness (QED) is 0.592. The molecule has 0 bridgehead atoms. The number of nitrogens with one attached hydrogen (secondary N) is 1. The lowest BCUT2D eigenvalue weighted by molar-refractivity contribution is -0.384. The van der Waals surface area contributed by atoms with E-state index in [0.717, 1.165) is 0 Å². The first-order valence-corrected chi connectivity index (χ1v) is 6.65. The van der Waals surface area contributed by atoms with E-state index >= 15 is 0 Å². The molecule has 1 heterocycles. The van der Waals surface area contributed by atoms with Crippen molar-refractivity contribution in [1.29, 1.82) is 0 Å². The van der Waals surface area contributed by atoms with Gasteiger partial charge in [-0.2, -0.15) is 0 Å². The van der Waals surface area contributed by atoms with Crippen molar-refractivity contribution >= 4 is 28.2 Å². The van der Waals surface area contributed by atoms with Crippen LogP contribution in [0.4, 0.5) is 15.8 Å². The van der Waals surface area contributed by atoms with Crippen LogP contribution in [0.3, 0.4) is 0 Å². The maximum Gasteiger partial charge on any atom is 0.269 e. The van der Waals surface area contributed by atoms with Crippen LogP contribution in [0.25, 0.3) is 10.9 Å². The highest BCUT2D eigenvalue weighted by molar-refractivity contribution is 6.08. The van der Waals surface area contributed by atoms with Gasteiger partial charge in [-0.3, -0.25) is 19.9 Å². The molecule has 0 aliphatic carbocycles. The molecule has 0 unspecified atom stereocenters. The van der Waals surface area contributed by atoms with Crippen LogP contribution in [-0.2, 0) is 0 Å². The number of hydrogen-bond donors (Lipinski definition) is 1. The third-order valence-electron chi connectivity index (χ3n) is 3.29. The van der Waals surface area contributed by atoms with Gasteiger partial charge >= 0.3 is 0 Å². The molecule has 114 valence electrons. The van der Waals surface area contributed by atoms with Gasteiger partial charge in [-0.25, -0.2) is 4.39 Å². The lowest BCUT2D eigenvalue weighted by Crippen LogP contribution is -2.12. The first kappa shape index (κ1) is 14.6. The summed E-state index contributed by atoms with van der Waals surface area (Å²) < 4.78 is 13.4. The van der Waals surface area contributed by atoms with Crippen molar-refractivity contribution in [2.24, 2.45) is 0 Å². The van der Waals surface area contributed by atoms with Gasteiger partial charge in [0, 0.05) is 29.3 Å². The molecule has 2 aromatic carbocycles. The van der Waals surface area contributed by atoms with E-state index in [-0.39, 0.29) is 11.3 Å². The van der Waals surface area contributed by atoms with Crippen molar-refractivity contribution in [2.45, 2.75) is 0 Å². The first-order valence-electron chi connectivity index (χ1n) is 6.65. The van der Waals surface area contributed by atoms with Crippen molar-refractivity contribution in [1.82, 2.24) is 4.98 Å². The Morgan fingerprint density at radius 3 is 2.57 bits per heavy atom. The van der Waals surface area contributed by atoms with Crippen molar-refractivity contribution in [3.8, 4) is 0 Å². The SMILES string of the molecule is O=C(Nc1ccnc2ccc(F)cc12)c1ccc([N+](=O)[O-])cc1. The minimum absolute atomic E-state index is 0.0991. The highest BCUT2D eigenvalue weighted by Gasteiger charge is 2.11. The Morgan fingerprint density at radius 1 is 1.13 bits per heavy atom. The Labute approximate surface area is 129 Å². The summed E-state index contributed by atoms with van der Waals surface area (Å²) in [6, 6.07) is 10.9. The first-order chi connectivity index (χ1) is 11.0. The highest BCUT2D eigenvalue weighted by atomic mass is 19.1. The lowest BCUT2D eigenvalue weighted by Gasteiger charge is -2.08. The van der Waals surface area contributed by atoms with Gasteiger partial charge in [-0.15, -0.1) is 0 Å². The molecule has 1 amide bonds. The number of rotatable bonds is 3. The number of carbonyl (C=O) groups excluding carboxylic acids is 1. The number of pyridine rings is 1. The van der Waals surface area contributed by atoms with Crippen LogP contribution >= 0.6 is 0 Å². The molecule has 6 nitrogen and oxygen atoms in total. The van der Waals surface area contributed by atoms with E-state index in [4.69, 9.17) is 0 Å². The van der Waals surface area contributed by atoms with Gasteiger partial charge in [0.1, 0.15) is 5.82 Å². The summed E-state index contributed by atoms with van der Waals surface area (Å²) in [5.41, 5.74) is 1.13. The summed E-state index contributed by atoms with van der Waals surface area (Å²) in [5.74, 6) is -0.881. The number of benzene rings is 2. The molecule has 3 aromatic rings. The summed E-state index contributed by atoms with van der Waals surface area (Å²) in [5, 5.41) is 13.8. The molecule has 0 fully saturated rings. The van der Waals surface area contributed by atoms with Gasteiger partial charge in [0.15, 0.2) is 0 Å². The summed E-state index contributed by atoms with van der Waals surface area (Å²) in [6.07, 6.45) is 1.51. The van der Waals surface area contributed by atoms with Crippen molar-refractivity contribution in [3.05, 3.63) is 76.2 Å². The Kier molecular flexibility index (Phi) is 3.68. The predicted molar refractivity (Wildman–Crippen MR) is 82.8 cm³/mol. The molecular weight excluding hydrogens is 301 g/mol. The topological polar surface area (TPSA) is 85.1 Å². The second-order valence-corrected chi connectivity index (χ2v) is 4.78. The maximum atomic E-state index is 13.4. The van der Waals surface area contributed by atoms with E-state index in [2.05, 4.69) is 10.3 Å². The molecule has 0 spiro atoms. The Hall–Kier alpha value is -3.35. The molecule has 1 aromatic heterocycles. The number of nitro benzene ring substituents is 1. The normalized spacial score (nSPS) is 10.5. The molecule has 0 saturated carbocycles. The van der Waals surface area contributed by atoms with Crippen molar-refractivity contribution in [3.63, 3.8) is 0 Å². The smallest absolute Gasteiger partial charge is 0.269 e. The van der Waals surface area contributed by atoms with Gasteiger partial charge in [0.25, 0.3) is 11.6 Å². The van der Waals surface area contributed by atoms with Gasteiger partial charge in [-0.1, -0.05) is 0 Å². The van der Waals surface area contributed by atoms with Gasteiger partial charge in [0.2, 0.25) is 0 Å². The zero-order valence-electron chi connectivity index (χ0n) is 11.7. The fraction of sp³-hybridized carbons (Fsp3) is 0. The Bertz CT molecular complexity index is 910. The largest absolute Gasteiger partial charge is 0.321 e. The van der Waals surface area contributed by atoms with E-state index < -0.39 is 16.6 Å².